The number of fused-ring (bicyclic) bond motifs is 1. The number of thioether (sulfide) groups is 1. The number of H-pyrrole nitrogens is 1. The van der Waals surface area contributed by atoms with Crippen LogP contribution in [0, 0.1) is 16.4 Å². The highest BCUT2D eigenvalue weighted by Gasteiger charge is 2.32. The zero-order chi connectivity index (χ0) is 19.1. The van der Waals surface area contributed by atoms with Crippen LogP contribution in [0.15, 0.2) is 16.6 Å². The topological polar surface area (TPSA) is 41.0 Å². The summed E-state index contributed by atoms with van der Waals surface area (Å²) in [5, 5.41) is 0. The van der Waals surface area contributed by atoms with Crippen LogP contribution in [-0.4, -0.2) is 45.0 Å². The minimum absolute atomic E-state index is 0.0678. The third-order valence-electron chi connectivity index (χ3n) is 5.20. The van der Waals surface area contributed by atoms with Gasteiger partial charge >= 0.3 is 0 Å². The summed E-state index contributed by atoms with van der Waals surface area (Å²) in [5.41, 5.74) is 1.72. The van der Waals surface area contributed by atoms with Gasteiger partial charge in [0.25, 0.3) is 0 Å². The Labute approximate surface area is 173 Å². The fraction of sp³-hybridized carbons (Fsp3) is 0.444. The summed E-state index contributed by atoms with van der Waals surface area (Å²) < 4.78 is 31.4. The van der Waals surface area contributed by atoms with E-state index in [2.05, 4.69) is 20.9 Å². The smallest absolute Gasteiger partial charge is 0.228 e. The quantitative estimate of drug-likeness (QED) is 0.540. The van der Waals surface area contributed by atoms with E-state index >= 15 is 0 Å². The average molecular weight is 474 g/mol. The van der Waals surface area contributed by atoms with Crippen LogP contribution in [0.2, 0.25) is 0 Å². The summed E-state index contributed by atoms with van der Waals surface area (Å²) in [4.78, 5) is 17.6. The SMILES string of the molecule is O=C(Cc1[nH]c(=S)n2c1C[C@@H](c1c(F)ccc(Br)c1F)C2)N1CCSCC1. The van der Waals surface area contributed by atoms with Crippen LogP contribution in [0.4, 0.5) is 8.78 Å². The Kier molecular flexibility index (Phi) is 5.44. The van der Waals surface area contributed by atoms with Gasteiger partial charge in [-0.25, -0.2) is 8.78 Å². The van der Waals surface area contributed by atoms with Gasteiger partial charge in [-0.05, 0) is 46.7 Å². The van der Waals surface area contributed by atoms with Crippen molar-refractivity contribution in [2.75, 3.05) is 24.6 Å². The molecule has 4 rings (SSSR count). The normalized spacial score (nSPS) is 19.4. The lowest BCUT2D eigenvalue weighted by Crippen LogP contribution is -2.39. The predicted molar refractivity (Wildman–Crippen MR) is 108 cm³/mol. The Morgan fingerprint density at radius 3 is 2.81 bits per heavy atom. The number of carbonyl (C=O) groups excluding carboxylic acids is 1. The van der Waals surface area contributed by atoms with Crippen LogP contribution in [0.5, 0.6) is 0 Å². The molecule has 0 spiro atoms. The maximum absolute atomic E-state index is 14.5. The van der Waals surface area contributed by atoms with Crippen molar-refractivity contribution < 1.29 is 13.6 Å². The number of aromatic amines is 1. The van der Waals surface area contributed by atoms with E-state index in [4.69, 9.17) is 12.2 Å². The number of benzene rings is 1. The van der Waals surface area contributed by atoms with Gasteiger partial charge in [0, 0.05) is 54.0 Å². The first-order valence-electron chi connectivity index (χ1n) is 8.75. The highest BCUT2D eigenvalue weighted by molar-refractivity contribution is 9.10. The fourth-order valence-electron chi connectivity index (χ4n) is 3.83. The standard InChI is InChI=1S/C18H18BrF2N3OS2/c19-11-1-2-12(20)16(17(11)21)10-7-14-13(22-18(26)24(14)9-10)8-15(25)23-3-5-27-6-4-23/h1-2,10H,3-9H2,(H,22,26)/t10-/m1/s1. The summed E-state index contributed by atoms with van der Waals surface area (Å²) in [5.74, 6) is 0.527. The Hall–Kier alpha value is -1.19. The van der Waals surface area contributed by atoms with Gasteiger partial charge in [-0.1, -0.05) is 0 Å². The second kappa shape index (κ2) is 7.67. The number of halogens is 3. The maximum atomic E-state index is 14.5. The number of rotatable bonds is 3. The van der Waals surface area contributed by atoms with Gasteiger partial charge in [0.1, 0.15) is 11.6 Å². The molecule has 1 aromatic heterocycles. The molecule has 1 amide bonds. The Balaban J connectivity index is 1.58. The zero-order valence-corrected chi connectivity index (χ0v) is 17.7. The molecule has 1 atom stereocenters. The molecule has 0 unspecified atom stereocenters. The maximum Gasteiger partial charge on any atom is 0.228 e. The predicted octanol–water partition coefficient (Wildman–Crippen LogP) is 4.04. The molecule has 0 radical (unpaired) electrons. The molecule has 9 heteroatoms. The first kappa shape index (κ1) is 19.1. The van der Waals surface area contributed by atoms with Crippen molar-refractivity contribution in [3.63, 3.8) is 0 Å². The average Bonchev–Trinajstić information content (AvgIpc) is 3.21. The molecule has 0 saturated carbocycles. The van der Waals surface area contributed by atoms with Gasteiger partial charge in [-0.15, -0.1) is 0 Å². The van der Waals surface area contributed by atoms with Gasteiger partial charge < -0.3 is 14.5 Å². The second-order valence-electron chi connectivity index (χ2n) is 6.79. The molecule has 1 N–H and O–H groups in total. The molecule has 3 heterocycles. The van der Waals surface area contributed by atoms with Crippen molar-refractivity contribution in [2.45, 2.75) is 25.3 Å². The van der Waals surface area contributed by atoms with Crippen LogP contribution in [0.25, 0.3) is 0 Å². The fourth-order valence-corrected chi connectivity index (χ4v) is 5.39. The van der Waals surface area contributed by atoms with Crippen LogP contribution in [0.3, 0.4) is 0 Å². The van der Waals surface area contributed by atoms with Crippen molar-refractivity contribution >= 4 is 45.8 Å². The van der Waals surface area contributed by atoms with Crippen LogP contribution in [-0.2, 0) is 24.2 Å². The van der Waals surface area contributed by atoms with E-state index in [0.717, 1.165) is 36.0 Å². The monoisotopic (exact) mass is 473 g/mol. The summed E-state index contributed by atoms with van der Waals surface area (Å²) in [6, 6.07) is 2.65. The van der Waals surface area contributed by atoms with Gasteiger partial charge in [0.05, 0.1) is 10.9 Å². The lowest BCUT2D eigenvalue weighted by atomic mass is 9.95. The van der Waals surface area contributed by atoms with E-state index in [0.29, 0.717) is 17.7 Å². The summed E-state index contributed by atoms with van der Waals surface area (Å²) in [6.07, 6.45) is 0.697. The number of imidazole rings is 1. The number of carbonyl (C=O) groups is 1. The molecule has 2 aromatic rings. The van der Waals surface area contributed by atoms with E-state index in [-0.39, 0.29) is 28.3 Å². The van der Waals surface area contributed by atoms with Gasteiger partial charge in [-0.3, -0.25) is 4.79 Å². The van der Waals surface area contributed by atoms with E-state index in [9.17, 15) is 13.6 Å². The van der Waals surface area contributed by atoms with Crippen molar-refractivity contribution in [3.05, 3.63) is 50.0 Å². The zero-order valence-electron chi connectivity index (χ0n) is 14.4. The molecule has 0 aliphatic carbocycles. The molecule has 27 heavy (non-hydrogen) atoms. The molecular formula is C18H18BrF2N3OS2. The summed E-state index contributed by atoms with van der Waals surface area (Å²) in [6.45, 7) is 1.93. The lowest BCUT2D eigenvalue weighted by Gasteiger charge is -2.26. The van der Waals surface area contributed by atoms with Crippen LogP contribution >= 0.6 is 39.9 Å². The molecule has 1 saturated heterocycles. The number of nitrogens with one attached hydrogen (secondary N) is 1. The Morgan fingerprint density at radius 2 is 2.07 bits per heavy atom. The van der Waals surface area contributed by atoms with Crippen molar-refractivity contribution in [2.24, 2.45) is 0 Å². The number of nitrogens with zero attached hydrogens (tertiary/aromatic N) is 2. The van der Waals surface area contributed by atoms with Crippen molar-refractivity contribution in [1.29, 1.82) is 0 Å². The van der Waals surface area contributed by atoms with Crippen LogP contribution in [0.1, 0.15) is 22.9 Å². The van der Waals surface area contributed by atoms with Crippen molar-refractivity contribution in [3.8, 4) is 0 Å². The molecular weight excluding hydrogens is 456 g/mol. The van der Waals surface area contributed by atoms with Gasteiger partial charge in [-0.2, -0.15) is 11.8 Å². The molecule has 1 aromatic carbocycles. The van der Waals surface area contributed by atoms with E-state index in [1.54, 1.807) is 0 Å². The van der Waals surface area contributed by atoms with Crippen molar-refractivity contribution in [1.82, 2.24) is 14.5 Å². The first-order valence-corrected chi connectivity index (χ1v) is 11.1. The summed E-state index contributed by atoms with van der Waals surface area (Å²) >= 11 is 10.4. The third-order valence-corrected chi connectivity index (χ3v) is 7.08. The number of aromatic nitrogens is 2. The van der Waals surface area contributed by atoms with E-state index < -0.39 is 11.6 Å². The van der Waals surface area contributed by atoms with Gasteiger partial charge in [0.2, 0.25) is 5.91 Å². The number of amides is 1. The minimum atomic E-state index is -0.566. The number of hydrogen-bond donors (Lipinski definition) is 1. The molecule has 2 aliphatic rings. The Bertz CT molecular complexity index is 953. The molecule has 4 nitrogen and oxygen atoms in total. The third kappa shape index (κ3) is 3.61. The highest BCUT2D eigenvalue weighted by Crippen LogP contribution is 2.36. The Morgan fingerprint density at radius 1 is 1.33 bits per heavy atom. The van der Waals surface area contributed by atoms with Crippen LogP contribution < -0.4 is 0 Å². The highest BCUT2D eigenvalue weighted by atomic mass is 79.9. The summed E-state index contributed by atoms with van der Waals surface area (Å²) in [7, 11) is 0. The molecule has 144 valence electrons. The first-order chi connectivity index (χ1) is 13.0. The van der Waals surface area contributed by atoms with Gasteiger partial charge in [0.15, 0.2) is 4.77 Å². The lowest BCUT2D eigenvalue weighted by molar-refractivity contribution is -0.130. The molecule has 0 bridgehead atoms. The second-order valence-corrected chi connectivity index (χ2v) is 9.26. The van der Waals surface area contributed by atoms with E-state index in [1.807, 2.05) is 21.2 Å². The van der Waals surface area contributed by atoms with E-state index in [1.165, 1.54) is 12.1 Å². The molecule has 2 aliphatic heterocycles. The minimum Gasteiger partial charge on any atom is -0.341 e. The number of hydrogen-bond acceptors (Lipinski definition) is 3. The molecule has 1 fully saturated rings. The largest absolute Gasteiger partial charge is 0.341 e.